The maximum absolute atomic E-state index is 6.20. The Morgan fingerprint density at radius 1 is 1.31 bits per heavy atom. The van der Waals surface area contributed by atoms with Crippen molar-refractivity contribution in [3.05, 3.63) is 54.2 Å². The van der Waals surface area contributed by atoms with Crippen molar-refractivity contribution in [2.75, 3.05) is 0 Å². The van der Waals surface area contributed by atoms with Crippen LogP contribution in [0.3, 0.4) is 0 Å². The molecule has 84 valence electrons. The molecule has 1 unspecified atom stereocenters. The summed E-state index contributed by atoms with van der Waals surface area (Å²) in [6.45, 7) is 2.00. The first kappa shape index (κ1) is 12.4. The molecule has 2 N–H and O–H groups in total. The highest BCUT2D eigenvalue weighted by atomic mass is 127. The molecule has 1 aromatic heterocycles. The van der Waals surface area contributed by atoms with Crippen LogP contribution >= 0.6 is 45.5 Å². The molecule has 2 aromatic rings. The molecule has 0 amide bonds. The summed E-state index contributed by atoms with van der Waals surface area (Å²) in [5.41, 5.74) is 8.42. The largest absolute Gasteiger partial charge is 0.320 e. The zero-order valence-corrected chi connectivity index (χ0v) is 12.4. The van der Waals surface area contributed by atoms with Gasteiger partial charge in [-0.3, -0.25) is 0 Å². The molecule has 1 heterocycles. The van der Waals surface area contributed by atoms with E-state index in [1.54, 1.807) is 11.3 Å². The van der Waals surface area contributed by atoms with E-state index in [0.717, 1.165) is 20.3 Å². The third-order valence-corrected chi connectivity index (χ3v) is 4.77. The summed E-state index contributed by atoms with van der Waals surface area (Å²) in [7, 11) is 0. The maximum Gasteiger partial charge on any atom is 0.0961 e. The molecule has 0 bridgehead atoms. The lowest BCUT2D eigenvalue weighted by molar-refractivity contribution is 0.892. The van der Waals surface area contributed by atoms with Gasteiger partial charge in [-0.05, 0) is 58.8 Å². The Balaban J connectivity index is 2.31. The zero-order chi connectivity index (χ0) is 11.7. The van der Waals surface area contributed by atoms with Gasteiger partial charge in [0.25, 0.3) is 0 Å². The van der Waals surface area contributed by atoms with Crippen molar-refractivity contribution in [3.63, 3.8) is 0 Å². The average molecular weight is 364 g/mol. The summed E-state index contributed by atoms with van der Waals surface area (Å²) in [4.78, 5) is 1.11. The number of hydrogen-bond donors (Lipinski definition) is 1. The summed E-state index contributed by atoms with van der Waals surface area (Å²) in [5.74, 6) is 0. The number of benzene rings is 1. The molecular formula is C12H11ClINS. The topological polar surface area (TPSA) is 26.0 Å². The van der Waals surface area contributed by atoms with Gasteiger partial charge < -0.3 is 5.73 Å². The zero-order valence-electron chi connectivity index (χ0n) is 8.71. The lowest BCUT2D eigenvalue weighted by Gasteiger charge is -2.09. The van der Waals surface area contributed by atoms with E-state index in [4.69, 9.17) is 17.3 Å². The van der Waals surface area contributed by atoms with Gasteiger partial charge in [-0.25, -0.2) is 0 Å². The van der Waals surface area contributed by atoms with Crippen LogP contribution in [0.4, 0.5) is 0 Å². The molecule has 1 atom stereocenters. The number of aryl methyl sites for hydroxylation is 1. The fourth-order valence-electron chi connectivity index (χ4n) is 1.47. The molecule has 4 heteroatoms. The van der Waals surface area contributed by atoms with Crippen molar-refractivity contribution in [1.29, 1.82) is 0 Å². The predicted octanol–water partition coefficient (Wildman–Crippen LogP) is 4.36. The summed E-state index contributed by atoms with van der Waals surface area (Å²) >= 11 is 9.89. The number of halogens is 2. The van der Waals surface area contributed by atoms with Crippen LogP contribution in [0.5, 0.6) is 0 Å². The van der Waals surface area contributed by atoms with Crippen molar-refractivity contribution >= 4 is 45.5 Å². The van der Waals surface area contributed by atoms with Gasteiger partial charge in [-0.1, -0.05) is 23.7 Å². The summed E-state index contributed by atoms with van der Waals surface area (Å²) in [6.07, 6.45) is 0. The third kappa shape index (κ3) is 2.59. The Kier molecular flexibility index (Phi) is 3.89. The minimum Gasteiger partial charge on any atom is -0.320 e. The van der Waals surface area contributed by atoms with Gasteiger partial charge in [0.15, 0.2) is 0 Å². The molecule has 0 saturated heterocycles. The predicted molar refractivity (Wildman–Crippen MR) is 79.3 cm³/mol. The van der Waals surface area contributed by atoms with Crippen molar-refractivity contribution in [3.8, 4) is 0 Å². The molecule has 2 rings (SSSR count). The molecule has 0 aliphatic rings. The van der Waals surface area contributed by atoms with Crippen molar-refractivity contribution in [1.82, 2.24) is 0 Å². The normalized spacial score (nSPS) is 12.8. The van der Waals surface area contributed by atoms with Crippen molar-refractivity contribution in [2.45, 2.75) is 13.0 Å². The molecule has 0 fully saturated rings. The van der Waals surface area contributed by atoms with Crippen molar-refractivity contribution in [2.24, 2.45) is 5.73 Å². The van der Waals surface area contributed by atoms with Crippen LogP contribution in [-0.2, 0) is 0 Å². The molecule has 0 radical (unpaired) electrons. The van der Waals surface area contributed by atoms with Crippen LogP contribution in [0.25, 0.3) is 0 Å². The van der Waals surface area contributed by atoms with E-state index in [2.05, 4.69) is 52.9 Å². The lowest BCUT2D eigenvalue weighted by atomic mass is 10.1. The van der Waals surface area contributed by atoms with Crippen LogP contribution in [0, 0.1) is 10.5 Å². The van der Waals surface area contributed by atoms with Gasteiger partial charge in [-0.15, -0.1) is 11.3 Å². The van der Waals surface area contributed by atoms with E-state index in [9.17, 15) is 0 Å². The Morgan fingerprint density at radius 3 is 2.44 bits per heavy atom. The highest BCUT2D eigenvalue weighted by Crippen LogP contribution is 2.32. The average Bonchev–Trinajstić information content (AvgIpc) is 2.59. The first-order valence-corrected chi connectivity index (χ1v) is 7.12. The Bertz CT molecular complexity index is 473. The van der Waals surface area contributed by atoms with Gasteiger partial charge in [-0.2, -0.15) is 0 Å². The van der Waals surface area contributed by atoms with Gasteiger partial charge in [0.05, 0.1) is 10.4 Å². The number of hydrogen-bond acceptors (Lipinski definition) is 2. The first-order valence-electron chi connectivity index (χ1n) is 4.85. The molecule has 1 nitrogen and oxygen atoms in total. The van der Waals surface area contributed by atoms with Crippen LogP contribution in [-0.4, -0.2) is 0 Å². The lowest BCUT2D eigenvalue weighted by Crippen LogP contribution is -2.09. The highest BCUT2D eigenvalue weighted by molar-refractivity contribution is 14.1. The summed E-state index contributed by atoms with van der Waals surface area (Å²) in [6, 6.07) is 10.3. The fourth-order valence-corrected chi connectivity index (χ4v) is 3.08. The Labute approximate surface area is 118 Å². The van der Waals surface area contributed by atoms with E-state index < -0.39 is 0 Å². The number of thiophene rings is 1. The first-order chi connectivity index (χ1) is 7.58. The molecule has 0 aliphatic heterocycles. The SMILES string of the molecule is Cc1cc(C(N)c2ccc(I)cc2)sc1Cl. The van der Waals surface area contributed by atoms with Crippen molar-refractivity contribution < 1.29 is 0 Å². The smallest absolute Gasteiger partial charge is 0.0961 e. The standard InChI is InChI=1S/C12H11ClINS/c1-7-6-10(16-12(7)13)11(15)8-2-4-9(14)5-3-8/h2-6,11H,15H2,1H3. The second kappa shape index (κ2) is 5.04. The molecule has 0 saturated carbocycles. The third-order valence-electron chi connectivity index (χ3n) is 2.41. The van der Waals surface area contributed by atoms with Crippen LogP contribution in [0.1, 0.15) is 22.0 Å². The number of nitrogens with two attached hydrogens (primary N) is 1. The van der Waals surface area contributed by atoms with Gasteiger partial charge in [0.2, 0.25) is 0 Å². The second-order valence-corrected chi connectivity index (χ2v) is 6.57. The summed E-state index contributed by atoms with van der Waals surface area (Å²) < 4.78 is 2.05. The Hall–Kier alpha value is -0.100. The monoisotopic (exact) mass is 363 g/mol. The van der Waals surface area contributed by atoms with Crippen LogP contribution in [0.2, 0.25) is 4.34 Å². The van der Waals surface area contributed by atoms with Gasteiger partial charge in [0, 0.05) is 8.45 Å². The van der Waals surface area contributed by atoms with E-state index >= 15 is 0 Å². The molecular weight excluding hydrogens is 353 g/mol. The van der Waals surface area contributed by atoms with E-state index in [0.29, 0.717) is 0 Å². The molecule has 0 aliphatic carbocycles. The number of rotatable bonds is 2. The maximum atomic E-state index is 6.20. The van der Waals surface area contributed by atoms with E-state index in [-0.39, 0.29) is 6.04 Å². The minimum absolute atomic E-state index is 0.0757. The van der Waals surface area contributed by atoms with Crippen LogP contribution < -0.4 is 5.73 Å². The summed E-state index contributed by atoms with van der Waals surface area (Å²) in [5, 5.41) is 0. The minimum atomic E-state index is -0.0757. The Morgan fingerprint density at radius 2 is 1.94 bits per heavy atom. The fraction of sp³-hybridized carbons (Fsp3) is 0.167. The molecule has 0 spiro atoms. The van der Waals surface area contributed by atoms with Gasteiger partial charge >= 0.3 is 0 Å². The van der Waals surface area contributed by atoms with Crippen LogP contribution in [0.15, 0.2) is 30.3 Å². The quantitative estimate of drug-likeness (QED) is 0.788. The second-order valence-electron chi connectivity index (χ2n) is 3.63. The highest BCUT2D eigenvalue weighted by Gasteiger charge is 2.12. The van der Waals surface area contributed by atoms with Gasteiger partial charge in [0.1, 0.15) is 0 Å². The molecule has 1 aromatic carbocycles. The van der Waals surface area contributed by atoms with E-state index in [1.165, 1.54) is 3.57 Å². The molecule has 16 heavy (non-hydrogen) atoms. The van der Waals surface area contributed by atoms with E-state index in [1.807, 2.05) is 6.92 Å².